The van der Waals surface area contributed by atoms with Crippen LogP contribution in [0.15, 0.2) is 35.2 Å². The molecule has 1 N–H and O–H groups in total. The predicted molar refractivity (Wildman–Crippen MR) is 96.1 cm³/mol. The number of nitrogens with one attached hydrogen (secondary N) is 1. The van der Waals surface area contributed by atoms with E-state index in [9.17, 15) is 4.21 Å². The van der Waals surface area contributed by atoms with Crippen molar-refractivity contribution >= 4 is 10.8 Å². The Labute approximate surface area is 141 Å². The zero-order chi connectivity index (χ0) is 17.0. The third-order valence-electron chi connectivity index (χ3n) is 4.07. The summed E-state index contributed by atoms with van der Waals surface area (Å²) in [5, 5.41) is 8.10. The van der Waals surface area contributed by atoms with Gasteiger partial charge in [-0.2, -0.15) is 5.10 Å². The summed E-state index contributed by atoms with van der Waals surface area (Å²) in [5.41, 5.74) is 3.51. The third-order valence-corrected chi connectivity index (χ3v) is 5.01. The standard InChI is InChI=1S/C18H27N3OS/c1-13(12-21-15(3)10-14(2)20-21)11-19-16(4)17-6-8-18(9-7-17)23(5)22/h6-10,13,16,19H,11-12H2,1-5H3/t13-,16+,23+/m1/s1. The van der Waals surface area contributed by atoms with Gasteiger partial charge in [-0.15, -0.1) is 0 Å². The van der Waals surface area contributed by atoms with Gasteiger partial charge < -0.3 is 5.32 Å². The number of benzene rings is 1. The van der Waals surface area contributed by atoms with Crippen molar-refractivity contribution in [3.63, 3.8) is 0 Å². The van der Waals surface area contributed by atoms with Gasteiger partial charge in [0.15, 0.2) is 0 Å². The predicted octanol–water partition coefficient (Wildman–Crippen LogP) is 3.22. The summed E-state index contributed by atoms with van der Waals surface area (Å²) in [6.07, 6.45) is 1.71. The second-order valence-corrected chi connectivity index (χ2v) is 7.75. The van der Waals surface area contributed by atoms with Gasteiger partial charge in [-0.1, -0.05) is 19.1 Å². The second-order valence-electron chi connectivity index (χ2n) is 6.37. The van der Waals surface area contributed by atoms with E-state index in [0.29, 0.717) is 5.92 Å². The summed E-state index contributed by atoms with van der Waals surface area (Å²) in [5.74, 6) is 0.498. The van der Waals surface area contributed by atoms with Crippen LogP contribution in [0.3, 0.4) is 0 Å². The summed E-state index contributed by atoms with van der Waals surface area (Å²) in [7, 11) is -0.915. The zero-order valence-corrected chi connectivity index (χ0v) is 15.5. The Morgan fingerprint density at radius 3 is 2.39 bits per heavy atom. The van der Waals surface area contributed by atoms with Crippen LogP contribution in [0, 0.1) is 19.8 Å². The first-order valence-electron chi connectivity index (χ1n) is 8.04. The van der Waals surface area contributed by atoms with Gasteiger partial charge in [-0.05, 0) is 50.5 Å². The van der Waals surface area contributed by atoms with Gasteiger partial charge in [0, 0.05) is 46.8 Å². The van der Waals surface area contributed by atoms with Crippen LogP contribution in [0.5, 0.6) is 0 Å². The smallest absolute Gasteiger partial charge is 0.0596 e. The molecule has 126 valence electrons. The van der Waals surface area contributed by atoms with Gasteiger partial charge in [-0.3, -0.25) is 8.89 Å². The van der Waals surface area contributed by atoms with E-state index >= 15 is 0 Å². The Kier molecular flexibility index (Phi) is 6.13. The molecule has 0 saturated carbocycles. The van der Waals surface area contributed by atoms with Crippen LogP contribution in [-0.4, -0.2) is 26.8 Å². The molecule has 1 heterocycles. The molecule has 1 aromatic heterocycles. The van der Waals surface area contributed by atoms with Crippen molar-refractivity contribution in [3.8, 4) is 0 Å². The molecule has 4 nitrogen and oxygen atoms in total. The molecule has 0 radical (unpaired) electrons. The Morgan fingerprint density at radius 1 is 1.22 bits per heavy atom. The Hall–Kier alpha value is -1.46. The first-order chi connectivity index (χ1) is 10.9. The number of rotatable bonds is 7. The quantitative estimate of drug-likeness (QED) is 0.846. The van der Waals surface area contributed by atoms with Crippen LogP contribution >= 0.6 is 0 Å². The second kappa shape index (κ2) is 7.88. The van der Waals surface area contributed by atoms with Crippen molar-refractivity contribution in [2.75, 3.05) is 12.8 Å². The highest BCUT2D eigenvalue weighted by atomic mass is 32.2. The molecule has 3 atom stereocenters. The molecule has 2 aromatic rings. The summed E-state index contributed by atoms with van der Waals surface area (Å²) >= 11 is 0. The molecule has 0 aliphatic rings. The molecule has 2 rings (SSSR count). The fourth-order valence-electron chi connectivity index (χ4n) is 2.66. The van der Waals surface area contributed by atoms with Crippen molar-refractivity contribution < 1.29 is 4.21 Å². The van der Waals surface area contributed by atoms with Crippen LogP contribution in [-0.2, 0) is 17.3 Å². The monoisotopic (exact) mass is 333 g/mol. The number of hydrogen-bond acceptors (Lipinski definition) is 3. The first kappa shape index (κ1) is 17.9. The maximum absolute atomic E-state index is 11.4. The molecule has 0 unspecified atom stereocenters. The van der Waals surface area contributed by atoms with Crippen LogP contribution in [0.25, 0.3) is 0 Å². The van der Waals surface area contributed by atoms with E-state index in [2.05, 4.69) is 54.1 Å². The van der Waals surface area contributed by atoms with E-state index in [1.807, 2.05) is 19.1 Å². The van der Waals surface area contributed by atoms with E-state index < -0.39 is 10.8 Å². The van der Waals surface area contributed by atoms with Crippen molar-refractivity contribution in [1.82, 2.24) is 15.1 Å². The summed E-state index contributed by atoms with van der Waals surface area (Å²) in [6, 6.07) is 10.4. The van der Waals surface area contributed by atoms with Gasteiger partial charge in [0.2, 0.25) is 0 Å². The average molecular weight is 334 g/mol. The van der Waals surface area contributed by atoms with Gasteiger partial charge in [0.05, 0.1) is 5.69 Å². The van der Waals surface area contributed by atoms with Gasteiger partial charge >= 0.3 is 0 Å². The fourth-order valence-corrected chi connectivity index (χ4v) is 3.18. The number of nitrogens with zero attached hydrogens (tertiary/aromatic N) is 2. The van der Waals surface area contributed by atoms with Gasteiger partial charge in [0.1, 0.15) is 0 Å². The van der Waals surface area contributed by atoms with Crippen molar-refractivity contribution in [2.45, 2.75) is 45.2 Å². The minimum atomic E-state index is -0.915. The molecular formula is C18H27N3OS. The molecule has 0 aliphatic heterocycles. The minimum Gasteiger partial charge on any atom is -0.310 e. The normalized spacial score (nSPS) is 15.3. The Balaban J connectivity index is 1.86. The Bertz CT molecular complexity index is 663. The van der Waals surface area contributed by atoms with E-state index in [1.54, 1.807) is 6.26 Å². The molecule has 23 heavy (non-hydrogen) atoms. The first-order valence-corrected chi connectivity index (χ1v) is 9.60. The average Bonchev–Trinajstić information content (AvgIpc) is 2.82. The molecule has 0 saturated heterocycles. The summed E-state index contributed by atoms with van der Waals surface area (Å²) in [6.45, 7) is 10.4. The van der Waals surface area contributed by atoms with Crippen molar-refractivity contribution in [1.29, 1.82) is 0 Å². The largest absolute Gasteiger partial charge is 0.310 e. The van der Waals surface area contributed by atoms with E-state index in [-0.39, 0.29) is 6.04 Å². The number of hydrogen-bond donors (Lipinski definition) is 1. The summed E-state index contributed by atoms with van der Waals surface area (Å²) in [4.78, 5) is 0.874. The third kappa shape index (κ3) is 5.01. The molecule has 0 spiro atoms. The van der Waals surface area contributed by atoms with Crippen molar-refractivity contribution in [2.24, 2.45) is 5.92 Å². The van der Waals surface area contributed by atoms with Gasteiger partial charge in [-0.25, -0.2) is 0 Å². The highest BCUT2D eigenvalue weighted by Crippen LogP contribution is 2.15. The van der Waals surface area contributed by atoms with E-state index in [0.717, 1.165) is 23.7 Å². The molecule has 1 aromatic carbocycles. The van der Waals surface area contributed by atoms with Crippen LogP contribution in [0.1, 0.15) is 36.8 Å². The van der Waals surface area contributed by atoms with Crippen LogP contribution < -0.4 is 5.32 Å². The summed E-state index contributed by atoms with van der Waals surface area (Å²) < 4.78 is 13.5. The molecular weight excluding hydrogens is 306 g/mol. The maximum atomic E-state index is 11.4. The van der Waals surface area contributed by atoms with E-state index in [4.69, 9.17) is 0 Å². The lowest BCUT2D eigenvalue weighted by Crippen LogP contribution is -2.27. The lowest BCUT2D eigenvalue weighted by Gasteiger charge is -2.19. The number of aryl methyl sites for hydroxylation is 2. The number of aromatic nitrogens is 2. The minimum absolute atomic E-state index is 0.275. The lowest BCUT2D eigenvalue weighted by molar-refractivity contribution is 0.398. The molecule has 0 fully saturated rings. The highest BCUT2D eigenvalue weighted by molar-refractivity contribution is 7.84. The van der Waals surface area contributed by atoms with Crippen LogP contribution in [0.4, 0.5) is 0 Å². The molecule has 0 bridgehead atoms. The Morgan fingerprint density at radius 2 is 1.87 bits per heavy atom. The topological polar surface area (TPSA) is 46.9 Å². The zero-order valence-electron chi connectivity index (χ0n) is 14.7. The molecule has 5 heteroatoms. The lowest BCUT2D eigenvalue weighted by atomic mass is 10.1. The SMILES string of the molecule is Cc1cc(C)n(C[C@H](C)CN[C@@H](C)c2ccc([S@](C)=O)cc2)n1. The van der Waals surface area contributed by atoms with Crippen LogP contribution in [0.2, 0.25) is 0 Å². The molecule has 0 amide bonds. The maximum Gasteiger partial charge on any atom is 0.0596 e. The van der Waals surface area contributed by atoms with E-state index in [1.165, 1.54) is 11.3 Å². The fraction of sp³-hybridized carbons (Fsp3) is 0.500. The highest BCUT2D eigenvalue weighted by Gasteiger charge is 2.10. The van der Waals surface area contributed by atoms with Crippen molar-refractivity contribution in [3.05, 3.63) is 47.3 Å². The molecule has 0 aliphatic carbocycles. The van der Waals surface area contributed by atoms with Gasteiger partial charge in [0.25, 0.3) is 0 Å².